The monoisotopic (exact) mass is 335 g/mol. The van der Waals surface area contributed by atoms with Crippen LogP contribution in [0.2, 0.25) is 0 Å². The molecule has 0 bridgehead atoms. The minimum atomic E-state index is -0.270. The van der Waals surface area contributed by atoms with E-state index in [1.807, 2.05) is 54.7 Å². The van der Waals surface area contributed by atoms with Crippen molar-refractivity contribution in [2.45, 2.75) is 19.4 Å². The van der Waals surface area contributed by atoms with Crippen LogP contribution in [0.1, 0.15) is 17.5 Å². The van der Waals surface area contributed by atoms with Crippen LogP contribution in [0.5, 0.6) is 0 Å². The number of nitrogens with one attached hydrogen (secondary N) is 3. The van der Waals surface area contributed by atoms with Crippen molar-refractivity contribution >= 4 is 22.7 Å². The molecule has 0 aliphatic heterocycles. The van der Waals surface area contributed by atoms with E-state index in [-0.39, 0.29) is 18.2 Å². The molecule has 3 rings (SSSR count). The first-order chi connectivity index (χ1) is 12.2. The SMILES string of the molecule is O=C(CC(=O)NCc1ccccc1)NCCc1c[nH]c2ccccc12. The zero-order valence-electron chi connectivity index (χ0n) is 13.9. The van der Waals surface area contributed by atoms with Gasteiger partial charge in [-0.3, -0.25) is 9.59 Å². The maximum Gasteiger partial charge on any atom is 0.229 e. The molecule has 0 spiro atoms. The Morgan fingerprint density at radius 2 is 1.60 bits per heavy atom. The fraction of sp³-hybridized carbons (Fsp3) is 0.200. The lowest BCUT2D eigenvalue weighted by atomic mass is 10.1. The molecule has 3 N–H and O–H groups in total. The van der Waals surface area contributed by atoms with E-state index >= 15 is 0 Å². The normalized spacial score (nSPS) is 10.6. The summed E-state index contributed by atoms with van der Waals surface area (Å²) >= 11 is 0. The highest BCUT2D eigenvalue weighted by atomic mass is 16.2. The van der Waals surface area contributed by atoms with Crippen LogP contribution in [0.4, 0.5) is 0 Å². The predicted molar refractivity (Wildman–Crippen MR) is 97.9 cm³/mol. The number of aromatic amines is 1. The molecule has 1 heterocycles. The van der Waals surface area contributed by atoms with Crippen molar-refractivity contribution in [3.05, 3.63) is 71.9 Å². The van der Waals surface area contributed by atoms with Crippen LogP contribution in [-0.2, 0) is 22.6 Å². The highest BCUT2D eigenvalue weighted by Crippen LogP contribution is 2.17. The van der Waals surface area contributed by atoms with Gasteiger partial charge in [0, 0.05) is 30.2 Å². The largest absolute Gasteiger partial charge is 0.361 e. The van der Waals surface area contributed by atoms with E-state index in [1.54, 1.807) is 0 Å². The van der Waals surface area contributed by atoms with Crippen molar-refractivity contribution in [1.29, 1.82) is 0 Å². The van der Waals surface area contributed by atoms with Crippen LogP contribution in [0.25, 0.3) is 10.9 Å². The molecule has 0 fully saturated rings. The third-order valence-corrected chi connectivity index (χ3v) is 4.05. The standard InChI is InChI=1S/C20H21N3O2/c24-19(12-20(25)23-13-15-6-2-1-3-7-15)21-11-10-16-14-22-18-9-5-4-8-17(16)18/h1-9,14,22H,10-13H2,(H,21,24)(H,23,25). The molecular weight excluding hydrogens is 314 g/mol. The van der Waals surface area contributed by atoms with Gasteiger partial charge < -0.3 is 15.6 Å². The van der Waals surface area contributed by atoms with Gasteiger partial charge in [0.25, 0.3) is 0 Å². The van der Waals surface area contributed by atoms with E-state index < -0.39 is 0 Å². The van der Waals surface area contributed by atoms with E-state index in [1.165, 1.54) is 0 Å². The maximum atomic E-state index is 11.9. The number of hydrogen-bond acceptors (Lipinski definition) is 2. The third kappa shape index (κ3) is 4.70. The second kappa shape index (κ2) is 8.15. The second-order valence-corrected chi connectivity index (χ2v) is 5.90. The molecule has 128 valence electrons. The highest BCUT2D eigenvalue weighted by molar-refractivity contribution is 5.96. The van der Waals surface area contributed by atoms with Gasteiger partial charge in [0.05, 0.1) is 0 Å². The molecule has 0 aliphatic rings. The maximum absolute atomic E-state index is 11.9. The molecule has 1 aromatic heterocycles. The minimum Gasteiger partial charge on any atom is -0.361 e. The first kappa shape index (κ1) is 16.8. The molecule has 0 saturated heterocycles. The number of carbonyl (C=O) groups is 2. The van der Waals surface area contributed by atoms with Gasteiger partial charge in [-0.2, -0.15) is 0 Å². The van der Waals surface area contributed by atoms with Crippen LogP contribution >= 0.6 is 0 Å². The van der Waals surface area contributed by atoms with Gasteiger partial charge in [0.15, 0.2) is 0 Å². The highest BCUT2D eigenvalue weighted by Gasteiger charge is 2.09. The topological polar surface area (TPSA) is 74.0 Å². The Labute approximate surface area is 146 Å². The van der Waals surface area contributed by atoms with Crippen molar-refractivity contribution in [2.75, 3.05) is 6.54 Å². The fourth-order valence-corrected chi connectivity index (χ4v) is 2.74. The van der Waals surface area contributed by atoms with Gasteiger partial charge in [-0.1, -0.05) is 48.5 Å². The molecule has 0 radical (unpaired) electrons. The lowest BCUT2D eigenvalue weighted by Crippen LogP contribution is -2.32. The van der Waals surface area contributed by atoms with Gasteiger partial charge in [0.2, 0.25) is 11.8 Å². The quantitative estimate of drug-likeness (QED) is 0.581. The lowest BCUT2D eigenvalue weighted by Gasteiger charge is -2.06. The van der Waals surface area contributed by atoms with Gasteiger partial charge in [-0.15, -0.1) is 0 Å². The Balaban J connectivity index is 1.40. The molecule has 3 aromatic rings. The first-order valence-electron chi connectivity index (χ1n) is 8.34. The molecule has 0 saturated carbocycles. The Morgan fingerprint density at radius 1 is 0.880 bits per heavy atom. The summed E-state index contributed by atoms with van der Waals surface area (Å²) in [7, 11) is 0. The Bertz CT molecular complexity index is 856. The van der Waals surface area contributed by atoms with Gasteiger partial charge in [-0.25, -0.2) is 0 Å². The summed E-state index contributed by atoms with van der Waals surface area (Å²) in [6.07, 6.45) is 2.53. The van der Waals surface area contributed by atoms with E-state index in [2.05, 4.69) is 21.7 Å². The van der Waals surface area contributed by atoms with E-state index in [0.717, 1.165) is 28.5 Å². The number of H-pyrrole nitrogens is 1. The summed E-state index contributed by atoms with van der Waals surface area (Å²) in [5.74, 6) is -0.529. The van der Waals surface area contributed by atoms with Crippen LogP contribution in [0.15, 0.2) is 60.8 Å². The summed E-state index contributed by atoms with van der Waals surface area (Å²) < 4.78 is 0. The molecule has 5 nitrogen and oxygen atoms in total. The van der Waals surface area contributed by atoms with Crippen molar-refractivity contribution in [3.8, 4) is 0 Å². The van der Waals surface area contributed by atoms with Gasteiger partial charge >= 0.3 is 0 Å². The summed E-state index contributed by atoms with van der Waals surface area (Å²) in [5, 5.41) is 6.72. The van der Waals surface area contributed by atoms with Crippen LogP contribution < -0.4 is 10.6 Å². The molecule has 0 aliphatic carbocycles. The summed E-state index contributed by atoms with van der Waals surface area (Å²) in [5.41, 5.74) is 3.25. The average molecular weight is 335 g/mol. The fourth-order valence-electron chi connectivity index (χ4n) is 2.74. The second-order valence-electron chi connectivity index (χ2n) is 5.90. The number of aromatic nitrogens is 1. The van der Waals surface area contributed by atoms with Crippen LogP contribution in [0, 0.1) is 0 Å². The Morgan fingerprint density at radius 3 is 2.44 bits per heavy atom. The van der Waals surface area contributed by atoms with Crippen LogP contribution in [-0.4, -0.2) is 23.3 Å². The van der Waals surface area contributed by atoms with Crippen LogP contribution in [0.3, 0.4) is 0 Å². The molecule has 0 atom stereocenters. The van der Waals surface area contributed by atoms with Gasteiger partial charge in [0.1, 0.15) is 6.42 Å². The van der Waals surface area contributed by atoms with Crippen molar-refractivity contribution in [1.82, 2.24) is 15.6 Å². The number of benzene rings is 2. The molecule has 25 heavy (non-hydrogen) atoms. The van der Waals surface area contributed by atoms with E-state index in [4.69, 9.17) is 0 Å². The summed E-state index contributed by atoms with van der Waals surface area (Å²) in [6.45, 7) is 0.939. The first-order valence-corrected chi connectivity index (χ1v) is 8.34. The number of para-hydroxylation sites is 1. The summed E-state index contributed by atoms with van der Waals surface area (Å²) in [4.78, 5) is 26.9. The zero-order chi connectivity index (χ0) is 17.5. The molecule has 2 aromatic carbocycles. The number of rotatable bonds is 7. The molecule has 2 amide bonds. The van der Waals surface area contributed by atoms with Crippen molar-refractivity contribution < 1.29 is 9.59 Å². The van der Waals surface area contributed by atoms with Crippen molar-refractivity contribution in [2.24, 2.45) is 0 Å². The molecular formula is C20H21N3O2. The molecule has 0 unspecified atom stereocenters. The zero-order valence-corrected chi connectivity index (χ0v) is 13.9. The average Bonchev–Trinajstić information content (AvgIpc) is 3.04. The van der Waals surface area contributed by atoms with Gasteiger partial charge in [-0.05, 0) is 23.6 Å². The summed E-state index contributed by atoms with van der Waals surface area (Å²) in [6, 6.07) is 17.7. The lowest BCUT2D eigenvalue weighted by molar-refractivity contribution is -0.129. The Kier molecular flexibility index (Phi) is 5.46. The predicted octanol–water partition coefficient (Wildman–Crippen LogP) is 2.53. The smallest absolute Gasteiger partial charge is 0.229 e. The number of carbonyl (C=O) groups excluding carboxylic acids is 2. The minimum absolute atomic E-state index is 0.152. The number of fused-ring (bicyclic) bond motifs is 1. The van der Waals surface area contributed by atoms with E-state index in [0.29, 0.717) is 13.1 Å². The van der Waals surface area contributed by atoms with Crippen molar-refractivity contribution in [3.63, 3.8) is 0 Å². The Hall–Kier alpha value is -3.08. The van der Waals surface area contributed by atoms with E-state index in [9.17, 15) is 9.59 Å². The number of hydrogen-bond donors (Lipinski definition) is 3. The third-order valence-electron chi connectivity index (χ3n) is 4.05. The molecule has 5 heteroatoms. The number of amides is 2.